The average Bonchev–Trinajstić information content (AvgIpc) is 2.78. The molecule has 0 saturated heterocycles. The number of nitrogens with two attached hydrogens (primary N) is 1. The fourth-order valence-electron chi connectivity index (χ4n) is 1.10. The third-order valence-corrected chi connectivity index (χ3v) is 1.85. The molecule has 2 aromatic rings. The first-order chi connectivity index (χ1) is 7.33. The summed E-state index contributed by atoms with van der Waals surface area (Å²) in [5.41, 5.74) is 6.90. The lowest BCUT2D eigenvalue weighted by Crippen LogP contribution is -1.99. The molecule has 6 heteroatoms. The van der Waals surface area contributed by atoms with Gasteiger partial charge in [0.2, 0.25) is 0 Å². The van der Waals surface area contributed by atoms with Crippen LogP contribution in [0.5, 0.6) is 5.95 Å². The molecule has 0 aliphatic rings. The van der Waals surface area contributed by atoms with Gasteiger partial charge in [-0.15, -0.1) is 5.10 Å². The SMILES string of the molecule is COc1cnc(-c2cc(CN)cnn2)o1. The molecule has 0 radical (unpaired) electrons. The van der Waals surface area contributed by atoms with Crippen LogP contribution in [0.3, 0.4) is 0 Å². The van der Waals surface area contributed by atoms with E-state index in [4.69, 9.17) is 14.9 Å². The Balaban J connectivity index is 2.35. The predicted octanol–water partition coefficient (Wildman–Crippen LogP) is 0.599. The lowest BCUT2D eigenvalue weighted by molar-refractivity contribution is 0.308. The summed E-state index contributed by atoms with van der Waals surface area (Å²) in [6.07, 6.45) is 3.08. The Morgan fingerprint density at radius 2 is 2.33 bits per heavy atom. The van der Waals surface area contributed by atoms with E-state index in [0.717, 1.165) is 5.56 Å². The molecule has 2 heterocycles. The summed E-state index contributed by atoms with van der Waals surface area (Å²) < 4.78 is 10.1. The van der Waals surface area contributed by atoms with Gasteiger partial charge in [0.25, 0.3) is 5.89 Å². The Morgan fingerprint density at radius 3 is 3.00 bits per heavy atom. The normalized spacial score (nSPS) is 10.3. The first kappa shape index (κ1) is 9.60. The highest BCUT2D eigenvalue weighted by molar-refractivity contribution is 5.47. The fourth-order valence-corrected chi connectivity index (χ4v) is 1.10. The summed E-state index contributed by atoms with van der Waals surface area (Å²) in [5.74, 6) is 0.708. The van der Waals surface area contributed by atoms with Crippen LogP contribution in [0.25, 0.3) is 11.6 Å². The number of nitrogens with zero attached hydrogens (tertiary/aromatic N) is 3. The Morgan fingerprint density at radius 1 is 1.47 bits per heavy atom. The third kappa shape index (κ3) is 1.94. The Kier molecular flexibility index (Phi) is 2.59. The van der Waals surface area contributed by atoms with E-state index in [0.29, 0.717) is 24.1 Å². The summed E-state index contributed by atoms with van der Waals surface area (Å²) in [4.78, 5) is 4.00. The molecule has 0 spiro atoms. The maximum Gasteiger partial charge on any atom is 0.305 e. The molecular weight excluding hydrogens is 196 g/mol. The Bertz CT molecular complexity index is 455. The second kappa shape index (κ2) is 4.05. The first-order valence-electron chi connectivity index (χ1n) is 4.35. The molecule has 2 N–H and O–H groups in total. The smallest absolute Gasteiger partial charge is 0.305 e. The Hall–Kier alpha value is -1.95. The molecule has 15 heavy (non-hydrogen) atoms. The van der Waals surface area contributed by atoms with Crippen LogP contribution < -0.4 is 10.5 Å². The van der Waals surface area contributed by atoms with E-state index in [-0.39, 0.29) is 0 Å². The number of hydrogen-bond acceptors (Lipinski definition) is 6. The van der Waals surface area contributed by atoms with Crippen molar-refractivity contribution in [2.45, 2.75) is 6.54 Å². The van der Waals surface area contributed by atoms with E-state index < -0.39 is 0 Å². The van der Waals surface area contributed by atoms with Gasteiger partial charge in [0.05, 0.1) is 13.3 Å². The molecule has 6 nitrogen and oxygen atoms in total. The van der Waals surface area contributed by atoms with Crippen LogP contribution in [0.4, 0.5) is 0 Å². The number of oxazole rings is 1. The van der Waals surface area contributed by atoms with Crippen LogP contribution in [0.15, 0.2) is 22.9 Å². The second-order valence-corrected chi connectivity index (χ2v) is 2.84. The van der Waals surface area contributed by atoms with Crippen LogP contribution in [0.1, 0.15) is 5.56 Å². The van der Waals surface area contributed by atoms with Crippen molar-refractivity contribution in [2.75, 3.05) is 7.11 Å². The summed E-state index contributed by atoms with van der Waals surface area (Å²) in [7, 11) is 1.51. The lowest BCUT2D eigenvalue weighted by Gasteiger charge is -1.96. The topological polar surface area (TPSA) is 87.1 Å². The molecule has 0 amide bonds. The van der Waals surface area contributed by atoms with E-state index >= 15 is 0 Å². The monoisotopic (exact) mass is 206 g/mol. The van der Waals surface area contributed by atoms with Gasteiger partial charge in [0.1, 0.15) is 11.9 Å². The second-order valence-electron chi connectivity index (χ2n) is 2.84. The van der Waals surface area contributed by atoms with Crippen molar-refractivity contribution in [3.05, 3.63) is 24.0 Å². The molecular formula is C9H10N4O2. The molecule has 0 fully saturated rings. The number of hydrogen-bond donors (Lipinski definition) is 1. The van der Waals surface area contributed by atoms with Crippen molar-refractivity contribution in [2.24, 2.45) is 5.73 Å². The maximum atomic E-state index is 5.48. The lowest BCUT2D eigenvalue weighted by atomic mass is 10.2. The van der Waals surface area contributed by atoms with Gasteiger partial charge in [-0.3, -0.25) is 0 Å². The van der Waals surface area contributed by atoms with Crippen LogP contribution in [-0.4, -0.2) is 22.3 Å². The van der Waals surface area contributed by atoms with E-state index in [1.807, 2.05) is 0 Å². The van der Waals surface area contributed by atoms with Gasteiger partial charge in [-0.1, -0.05) is 0 Å². The zero-order valence-electron chi connectivity index (χ0n) is 8.17. The molecule has 2 aromatic heterocycles. The van der Waals surface area contributed by atoms with Crippen LogP contribution in [0.2, 0.25) is 0 Å². The zero-order valence-corrected chi connectivity index (χ0v) is 8.17. The summed E-state index contributed by atoms with van der Waals surface area (Å²) in [5, 5.41) is 7.68. The summed E-state index contributed by atoms with van der Waals surface area (Å²) in [6.45, 7) is 0.403. The minimum absolute atomic E-state index is 0.338. The van der Waals surface area contributed by atoms with Crippen molar-refractivity contribution in [3.8, 4) is 17.5 Å². The standard InChI is InChI=1S/C9H10N4O2/c1-14-8-5-11-9(15-8)7-2-6(3-10)4-12-13-7/h2,4-5H,3,10H2,1H3. The molecule has 0 bridgehead atoms. The van der Waals surface area contributed by atoms with Gasteiger partial charge in [0.15, 0.2) is 0 Å². The number of methoxy groups -OCH3 is 1. The highest BCUT2D eigenvalue weighted by Crippen LogP contribution is 2.20. The fraction of sp³-hybridized carbons (Fsp3) is 0.222. The summed E-state index contributed by atoms with van der Waals surface area (Å²) >= 11 is 0. The number of ether oxygens (including phenoxy) is 1. The zero-order chi connectivity index (χ0) is 10.7. The Labute approximate surface area is 86.1 Å². The molecule has 0 atom stereocenters. The van der Waals surface area contributed by atoms with E-state index in [1.54, 1.807) is 12.3 Å². The number of rotatable bonds is 3. The third-order valence-electron chi connectivity index (χ3n) is 1.85. The minimum Gasteiger partial charge on any atom is -0.467 e. The van der Waals surface area contributed by atoms with Crippen molar-refractivity contribution in [1.82, 2.24) is 15.2 Å². The van der Waals surface area contributed by atoms with Gasteiger partial charge < -0.3 is 14.9 Å². The van der Waals surface area contributed by atoms with E-state index in [1.165, 1.54) is 13.3 Å². The predicted molar refractivity (Wildman–Crippen MR) is 52.0 cm³/mol. The van der Waals surface area contributed by atoms with Crippen LogP contribution in [-0.2, 0) is 6.54 Å². The maximum absolute atomic E-state index is 5.48. The van der Waals surface area contributed by atoms with Crippen LogP contribution in [0, 0.1) is 0 Å². The van der Waals surface area contributed by atoms with E-state index in [2.05, 4.69) is 15.2 Å². The van der Waals surface area contributed by atoms with Gasteiger partial charge in [-0.25, -0.2) is 4.98 Å². The van der Waals surface area contributed by atoms with Gasteiger partial charge in [0, 0.05) is 6.54 Å². The van der Waals surface area contributed by atoms with Gasteiger partial charge >= 0.3 is 5.95 Å². The molecule has 0 aliphatic heterocycles. The van der Waals surface area contributed by atoms with Crippen LogP contribution >= 0.6 is 0 Å². The molecule has 0 saturated carbocycles. The van der Waals surface area contributed by atoms with Gasteiger partial charge in [-0.05, 0) is 11.6 Å². The van der Waals surface area contributed by atoms with Crippen molar-refractivity contribution < 1.29 is 9.15 Å². The molecule has 2 rings (SSSR count). The molecule has 0 unspecified atom stereocenters. The highest BCUT2D eigenvalue weighted by Gasteiger charge is 2.08. The first-order valence-corrected chi connectivity index (χ1v) is 4.35. The number of aromatic nitrogens is 3. The molecule has 0 aliphatic carbocycles. The van der Waals surface area contributed by atoms with Crippen molar-refractivity contribution >= 4 is 0 Å². The van der Waals surface area contributed by atoms with Gasteiger partial charge in [-0.2, -0.15) is 5.10 Å². The minimum atomic E-state index is 0.338. The highest BCUT2D eigenvalue weighted by atomic mass is 16.6. The largest absolute Gasteiger partial charge is 0.467 e. The quantitative estimate of drug-likeness (QED) is 0.791. The van der Waals surface area contributed by atoms with E-state index in [9.17, 15) is 0 Å². The van der Waals surface area contributed by atoms with Crippen molar-refractivity contribution in [3.63, 3.8) is 0 Å². The average molecular weight is 206 g/mol. The van der Waals surface area contributed by atoms with Crippen molar-refractivity contribution in [1.29, 1.82) is 0 Å². The molecule has 0 aromatic carbocycles. The molecule has 78 valence electrons. The summed E-state index contributed by atoms with van der Waals surface area (Å²) in [6, 6.07) is 1.78.